The zero-order valence-corrected chi connectivity index (χ0v) is 22.7. The molecule has 0 aliphatic carbocycles. The van der Waals surface area contributed by atoms with E-state index in [1.807, 2.05) is 56.3 Å². The van der Waals surface area contributed by atoms with Gasteiger partial charge in [-0.1, -0.05) is 53.8 Å². The monoisotopic (exact) mass is 555 g/mol. The molecule has 1 aromatic heterocycles. The lowest BCUT2D eigenvalue weighted by atomic mass is 9.96. The van der Waals surface area contributed by atoms with E-state index in [0.29, 0.717) is 30.6 Å². The van der Waals surface area contributed by atoms with Crippen molar-refractivity contribution in [1.82, 2.24) is 9.29 Å². The Morgan fingerprint density at radius 1 is 1.00 bits per heavy atom. The molecule has 1 fully saturated rings. The van der Waals surface area contributed by atoms with Crippen LogP contribution >= 0.6 is 11.3 Å². The number of sulfonamides is 1. The molecule has 1 aliphatic heterocycles. The normalized spacial score (nSPS) is 15.2. The molecule has 0 unspecified atom stereocenters. The Kier molecular flexibility index (Phi) is 7.30. The van der Waals surface area contributed by atoms with Crippen molar-refractivity contribution in [1.29, 1.82) is 0 Å². The van der Waals surface area contributed by atoms with Gasteiger partial charge in [0.2, 0.25) is 15.9 Å². The third-order valence-electron chi connectivity index (χ3n) is 6.94. The number of thiazole rings is 1. The lowest BCUT2D eigenvalue weighted by molar-refractivity contribution is -0.123. The fourth-order valence-corrected chi connectivity index (χ4v) is 7.32. The number of anilines is 1. The van der Waals surface area contributed by atoms with Gasteiger partial charge in [0.05, 0.1) is 21.7 Å². The Bertz CT molecular complexity index is 1560. The first-order chi connectivity index (χ1) is 18.1. The summed E-state index contributed by atoms with van der Waals surface area (Å²) < 4.78 is 55.3. The minimum absolute atomic E-state index is 0.104. The Hall–Kier alpha value is -3.21. The van der Waals surface area contributed by atoms with Gasteiger partial charge in [-0.25, -0.2) is 22.2 Å². The first-order valence-corrected chi connectivity index (χ1v) is 14.6. The molecule has 0 bridgehead atoms. The number of piperidine rings is 1. The molecular formula is C28H27F2N3O3S2. The van der Waals surface area contributed by atoms with E-state index in [2.05, 4.69) is 0 Å². The fraction of sp³-hybridized carbons (Fsp3) is 0.286. The first kappa shape index (κ1) is 26.4. The van der Waals surface area contributed by atoms with Gasteiger partial charge < -0.3 is 0 Å². The van der Waals surface area contributed by atoms with Crippen LogP contribution in [-0.2, 0) is 21.4 Å². The molecule has 0 spiro atoms. The second-order valence-corrected chi connectivity index (χ2v) is 12.5. The molecule has 1 saturated heterocycles. The van der Waals surface area contributed by atoms with E-state index in [9.17, 15) is 22.0 Å². The second kappa shape index (κ2) is 10.5. The van der Waals surface area contributed by atoms with E-state index in [0.717, 1.165) is 39.0 Å². The standard InChI is InChI=1S/C28H27F2N3O3S2/c1-18-8-9-19(2)26-25(18)31-28(37-26)33(17-20-6-4-3-5-7-20)27(34)21-12-14-32(15-13-21)38(35,36)22-10-11-23(29)24(30)16-22/h3-11,16,21H,12-15,17H2,1-2H3. The van der Waals surface area contributed by atoms with Crippen molar-refractivity contribution in [2.75, 3.05) is 18.0 Å². The van der Waals surface area contributed by atoms with Crippen molar-refractivity contribution in [2.24, 2.45) is 5.92 Å². The van der Waals surface area contributed by atoms with Gasteiger partial charge in [0.1, 0.15) is 0 Å². The van der Waals surface area contributed by atoms with Crippen LogP contribution in [0, 0.1) is 31.4 Å². The van der Waals surface area contributed by atoms with E-state index in [-0.39, 0.29) is 23.9 Å². The third-order valence-corrected chi connectivity index (χ3v) is 10.1. The predicted octanol–water partition coefficient (Wildman–Crippen LogP) is 5.83. The Balaban J connectivity index is 1.39. The minimum atomic E-state index is -4.01. The number of amides is 1. The minimum Gasteiger partial charge on any atom is -0.283 e. The summed E-state index contributed by atoms with van der Waals surface area (Å²) in [5, 5.41) is 0.614. The fourth-order valence-electron chi connectivity index (χ4n) is 4.72. The van der Waals surface area contributed by atoms with Crippen molar-refractivity contribution < 1.29 is 22.0 Å². The highest BCUT2D eigenvalue weighted by Crippen LogP contribution is 2.35. The lowest BCUT2D eigenvalue weighted by Gasteiger charge is -2.33. The SMILES string of the molecule is Cc1ccc(C)c2sc(N(Cc3ccccc3)C(=O)C3CCN(S(=O)(=O)c4ccc(F)c(F)c4)CC3)nc12. The van der Waals surface area contributed by atoms with Gasteiger partial charge in [0.25, 0.3) is 0 Å². The third kappa shape index (κ3) is 5.08. The maximum atomic E-state index is 13.9. The highest BCUT2D eigenvalue weighted by atomic mass is 32.2. The number of rotatable bonds is 6. The molecule has 1 amide bonds. The second-order valence-electron chi connectivity index (χ2n) is 9.54. The van der Waals surface area contributed by atoms with Crippen molar-refractivity contribution in [3.63, 3.8) is 0 Å². The number of halogens is 2. The summed E-state index contributed by atoms with van der Waals surface area (Å²) in [5.74, 6) is -2.82. The molecule has 0 N–H and O–H groups in total. The Morgan fingerprint density at radius 2 is 1.68 bits per heavy atom. The van der Waals surface area contributed by atoms with Gasteiger partial charge in [-0.15, -0.1) is 0 Å². The van der Waals surface area contributed by atoms with Crippen LogP contribution in [0.25, 0.3) is 10.2 Å². The zero-order valence-electron chi connectivity index (χ0n) is 21.0. The molecule has 4 aromatic rings. The molecule has 0 radical (unpaired) electrons. The average Bonchev–Trinajstić information content (AvgIpc) is 3.38. The number of hydrogen-bond acceptors (Lipinski definition) is 5. The highest BCUT2D eigenvalue weighted by molar-refractivity contribution is 7.89. The number of carbonyl (C=O) groups excluding carboxylic acids is 1. The highest BCUT2D eigenvalue weighted by Gasteiger charge is 2.35. The van der Waals surface area contributed by atoms with Crippen LogP contribution in [0.1, 0.15) is 29.5 Å². The van der Waals surface area contributed by atoms with Gasteiger partial charge in [-0.2, -0.15) is 4.31 Å². The van der Waals surface area contributed by atoms with Crippen molar-refractivity contribution in [2.45, 2.75) is 38.1 Å². The summed E-state index contributed by atoms with van der Waals surface area (Å²) in [6, 6.07) is 16.3. The lowest BCUT2D eigenvalue weighted by Crippen LogP contribution is -2.44. The Morgan fingerprint density at radius 3 is 2.34 bits per heavy atom. The van der Waals surface area contributed by atoms with Gasteiger partial charge >= 0.3 is 0 Å². The molecular weight excluding hydrogens is 528 g/mol. The number of benzene rings is 3. The van der Waals surface area contributed by atoms with E-state index in [1.54, 1.807) is 4.90 Å². The Labute approximate surface area is 224 Å². The van der Waals surface area contributed by atoms with E-state index in [1.165, 1.54) is 15.6 Å². The number of fused-ring (bicyclic) bond motifs is 1. The summed E-state index contributed by atoms with van der Waals surface area (Å²) >= 11 is 1.48. The first-order valence-electron chi connectivity index (χ1n) is 12.3. The number of hydrogen-bond donors (Lipinski definition) is 0. The largest absolute Gasteiger partial charge is 0.283 e. The van der Waals surface area contributed by atoms with Crippen LogP contribution in [0.2, 0.25) is 0 Å². The van der Waals surface area contributed by atoms with Crippen LogP contribution in [0.4, 0.5) is 13.9 Å². The van der Waals surface area contributed by atoms with Crippen LogP contribution in [0.15, 0.2) is 65.6 Å². The van der Waals surface area contributed by atoms with Crippen LogP contribution in [0.5, 0.6) is 0 Å². The maximum absolute atomic E-state index is 13.9. The van der Waals surface area contributed by atoms with Gasteiger partial charge in [-0.3, -0.25) is 9.69 Å². The van der Waals surface area contributed by atoms with Crippen LogP contribution in [0.3, 0.4) is 0 Å². The predicted molar refractivity (Wildman–Crippen MR) is 145 cm³/mol. The van der Waals surface area contributed by atoms with Crippen LogP contribution in [-0.4, -0.2) is 36.7 Å². The van der Waals surface area contributed by atoms with Crippen molar-refractivity contribution in [3.05, 3.63) is 89.0 Å². The van der Waals surface area contributed by atoms with Crippen LogP contribution < -0.4 is 4.90 Å². The molecule has 0 atom stereocenters. The number of aryl methyl sites for hydroxylation is 2. The summed E-state index contributed by atoms with van der Waals surface area (Å²) in [6.45, 7) is 4.59. The molecule has 198 valence electrons. The molecule has 6 nitrogen and oxygen atoms in total. The molecule has 2 heterocycles. The molecule has 5 rings (SSSR count). The zero-order chi connectivity index (χ0) is 27.0. The van der Waals surface area contributed by atoms with Gasteiger partial charge in [0.15, 0.2) is 16.8 Å². The summed E-state index contributed by atoms with van der Waals surface area (Å²) in [4.78, 5) is 20.1. The van der Waals surface area contributed by atoms with E-state index >= 15 is 0 Å². The molecule has 38 heavy (non-hydrogen) atoms. The number of carbonyl (C=O) groups is 1. The summed E-state index contributed by atoms with van der Waals surface area (Å²) in [7, 11) is -4.01. The maximum Gasteiger partial charge on any atom is 0.243 e. The molecule has 0 saturated carbocycles. The number of aromatic nitrogens is 1. The number of nitrogens with zero attached hydrogens (tertiary/aromatic N) is 3. The summed E-state index contributed by atoms with van der Waals surface area (Å²) in [5.41, 5.74) is 3.98. The molecule has 1 aliphatic rings. The quantitative estimate of drug-likeness (QED) is 0.300. The molecule has 3 aromatic carbocycles. The van der Waals surface area contributed by atoms with Gasteiger partial charge in [-0.05, 0) is 61.6 Å². The summed E-state index contributed by atoms with van der Waals surface area (Å²) in [6.07, 6.45) is 0.631. The van der Waals surface area contributed by atoms with Gasteiger partial charge in [0, 0.05) is 19.0 Å². The average molecular weight is 556 g/mol. The van der Waals surface area contributed by atoms with Crippen molar-refractivity contribution in [3.8, 4) is 0 Å². The van der Waals surface area contributed by atoms with E-state index < -0.39 is 27.6 Å². The molecule has 10 heteroatoms. The van der Waals surface area contributed by atoms with E-state index in [4.69, 9.17) is 4.98 Å². The smallest absolute Gasteiger partial charge is 0.243 e. The van der Waals surface area contributed by atoms with Crippen molar-refractivity contribution >= 4 is 42.6 Å². The topological polar surface area (TPSA) is 70.6 Å².